The molecule has 0 radical (unpaired) electrons. The zero-order valence-corrected chi connectivity index (χ0v) is 43.2. The molecule has 0 saturated heterocycles. The number of nitrogens with two attached hydrogens (primary N) is 1. The van der Waals surface area contributed by atoms with Crippen LogP contribution in [-0.4, -0.2) is 49.3 Å². The summed E-state index contributed by atoms with van der Waals surface area (Å²) in [4.78, 5) is 35.0. The van der Waals surface area contributed by atoms with Crippen molar-refractivity contribution in [3.63, 3.8) is 0 Å². The van der Waals surface area contributed by atoms with Crippen LogP contribution in [0.1, 0.15) is 290 Å². The third-order valence-corrected chi connectivity index (χ3v) is 13.4. The van der Waals surface area contributed by atoms with E-state index in [9.17, 15) is 19.0 Å². The van der Waals surface area contributed by atoms with E-state index in [1.807, 2.05) is 0 Å². The molecule has 0 aromatic carbocycles. The van der Waals surface area contributed by atoms with Crippen molar-refractivity contribution >= 4 is 19.8 Å². The van der Waals surface area contributed by atoms with Gasteiger partial charge in [0.2, 0.25) is 0 Å². The van der Waals surface area contributed by atoms with Crippen LogP contribution in [0.3, 0.4) is 0 Å². The van der Waals surface area contributed by atoms with Gasteiger partial charge in [-0.2, -0.15) is 0 Å². The maximum absolute atomic E-state index is 12.7. The summed E-state index contributed by atoms with van der Waals surface area (Å²) in [7, 11) is -4.37. The number of phosphoric ester groups is 1. The molecule has 64 heavy (non-hydrogen) atoms. The number of hydrogen-bond donors (Lipinski definition) is 2. The molecule has 0 amide bonds. The number of carbonyl (C=O) groups is 2. The summed E-state index contributed by atoms with van der Waals surface area (Å²) in [5.41, 5.74) is 5.37. The maximum atomic E-state index is 12.7. The lowest BCUT2D eigenvalue weighted by Crippen LogP contribution is -2.29. The van der Waals surface area contributed by atoms with Crippen LogP contribution in [0.5, 0.6) is 0 Å². The highest BCUT2D eigenvalue weighted by atomic mass is 31.2. The molecular formula is C54H106NO8P. The molecule has 0 aromatic heterocycles. The quantitative estimate of drug-likeness (QED) is 0.0265. The molecule has 0 saturated carbocycles. The molecule has 2 atom stereocenters. The van der Waals surface area contributed by atoms with E-state index >= 15 is 0 Å². The Morgan fingerprint density at radius 2 is 0.766 bits per heavy atom. The molecule has 0 bridgehead atoms. The number of carbonyl (C=O) groups excluding carboxylic acids is 2. The van der Waals surface area contributed by atoms with E-state index in [2.05, 4.69) is 26.0 Å². The standard InChI is InChI=1S/C54H106NO8P/c1-3-5-7-9-11-13-15-17-18-19-20-21-22-23-24-25-26-27-28-29-30-31-32-33-34-35-37-39-41-43-45-47-54(57)63-52(51-62-64(58,59)61-49-48-55)50-60-53(56)46-44-42-40-38-36-16-14-12-10-8-6-4-2/h19-20,52H,3-18,21-51,55H2,1-2H3,(H,58,59)/b20-19-. The zero-order chi connectivity index (χ0) is 46.7. The summed E-state index contributed by atoms with van der Waals surface area (Å²) in [6.07, 6.45) is 57.1. The highest BCUT2D eigenvalue weighted by molar-refractivity contribution is 7.47. The molecule has 9 nitrogen and oxygen atoms in total. The van der Waals surface area contributed by atoms with Crippen LogP contribution in [0, 0.1) is 0 Å². The Balaban J connectivity index is 3.83. The van der Waals surface area contributed by atoms with Crippen LogP contribution < -0.4 is 5.73 Å². The molecule has 10 heteroatoms. The number of unbranched alkanes of at least 4 members (excludes halogenated alkanes) is 38. The highest BCUT2D eigenvalue weighted by Crippen LogP contribution is 2.43. The van der Waals surface area contributed by atoms with Crippen LogP contribution in [0.4, 0.5) is 0 Å². The Labute approximate surface area is 396 Å². The summed E-state index contributed by atoms with van der Waals surface area (Å²) in [5.74, 6) is -0.811. The van der Waals surface area contributed by atoms with E-state index in [4.69, 9.17) is 24.3 Å². The van der Waals surface area contributed by atoms with Crippen molar-refractivity contribution in [1.82, 2.24) is 0 Å². The normalized spacial score (nSPS) is 13.1. The van der Waals surface area contributed by atoms with E-state index in [-0.39, 0.29) is 38.6 Å². The first-order valence-corrected chi connectivity index (χ1v) is 29.2. The SMILES string of the molecule is CCCCCCCCCC/C=C\CCCCCCCCCCCCCCCCCCCCCC(=O)OC(COC(=O)CCCCCCCCCCCCCC)COP(=O)(O)OCCN. The first-order chi connectivity index (χ1) is 31.3. The fourth-order valence-corrected chi connectivity index (χ4v) is 9.05. The summed E-state index contributed by atoms with van der Waals surface area (Å²) >= 11 is 0. The summed E-state index contributed by atoms with van der Waals surface area (Å²) in [5, 5.41) is 0. The summed E-state index contributed by atoms with van der Waals surface area (Å²) < 4.78 is 32.9. The molecule has 0 spiro atoms. The van der Waals surface area contributed by atoms with Gasteiger partial charge in [-0.3, -0.25) is 18.6 Å². The van der Waals surface area contributed by atoms with E-state index in [1.165, 1.54) is 225 Å². The van der Waals surface area contributed by atoms with Gasteiger partial charge >= 0.3 is 19.8 Å². The zero-order valence-electron chi connectivity index (χ0n) is 42.3. The third kappa shape index (κ3) is 50.2. The van der Waals surface area contributed by atoms with E-state index in [1.54, 1.807) is 0 Å². The number of rotatable bonds is 53. The Hall–Kier alpha value is -1.25. The van der Waals surface area contributed by atoms with Gasteiger partial charge in [-0.15, -0.1) is 0 Å². The third-order valence-electron chi connectivity index (χ3n) is 12.4. The molecule has 2 unspecified atom stereocenters. The molecule has 0 aliphatic carbocycles. The maximum Gasteiger partial charge on any atom is 0.472 e. The van der Waals surface area contributed by atoms with E-state index < -0.39 is 26.5 Å². The van der Waals surface area contributed by atoms with Gasteiger partial charge in [-0.1, -0.05) is 251 Å². The van der Waals surface area contributed by atoms with Crippen molar-refractivity contribution in [3.05, 3.63) is 12.2 Å². The van der Waals surface area contributed by atoms with Gasteiger partial charge in [0, 0.05) is 19.4 Å². The fourth-order valence-electron chi connectivity index (χ4n) is 8.28. The van der Waals surface area contributed by atoms with Crippen LogP contribution in [0.25, 0.3) is 0 Å². The average molecular weight is 928 g/mol. The topological polar surface area (TPSA) is 134 Å². The van der Waals surface area contributed by atoms with Crippen LogP contribution in [-0.2, 0) is 32.7 Å². The number of phosphoric acid groups is 1. The number of allylic oxidation sites excluding steroid dienone is 2. The average Bonchev–Trinajstić information content (AvgIpc) is 3.28. The Morgan fingerprint density at radius 3 is 1.11 bits per heavy atom. The second-order valence-electron chi connectivity index (χ2n) is 18.8. The lowest BCUT2D eigenvalue weighted by molar-refractivity contribution is -0.161. The van der Waals surface area contributed by atoms with Crippen molar-refractivity contribution in [3.8, 4) is 0 Å². The van der Waals surface area contributed by atoms with Crippen molar-refractivity contribution in [2.24, 2.45) is 5.73 Å². The van der Waals surface area contributed by atoms with Crippen molar-refractivity contribution in [2.45, 2.75) is 296 Å². The van der Waals surface area contributed by atoms with E-state index in [0.29, 0.717) is 6.42 Å². The molecule has 3 N–H and O–H groups in total. The van der Waals surface area contributed by atoms with Crippen LogP contribution in [0.2, 0.25) is 0 Å². The van der Waals surface area contributed by atoms with Gasteiger partial charge < -0.3 is 20.1 Å². The minimum Gasteiger partial charge on any atom is -0.462 e. The monoisotopic (exact) mass is 928 g/mol. The molecule has 0 fully saturated rings. The molecule has 380 valence electrons. The molecule has 0 aliphatic rings. The van der Waals surface area contributed by atoms with Crippen molar-refractivity contribution < 1.29 is 37.6 Å². The smallest absolute Gasteiger partial charge is 0.462 e. The molecule has 0 aromatic rings. The molecule has 0 rings (SSSR count). The summed E-state index contributed by atoms with van der Waals surface area (Å²) in [6.45, 7) is 3.78. The van der Waals surface area contributed by atoms with Gasteiger partial charge in [0.1, 0.15) is 6.61 Å². The lowest BCUT2D eigenvalue weighted by atomic mass is 10.0. The Morgan fingerprint density at radius 1 is 0.453 bits per heavy atom. The molecule has 0 heterocycles. The highest BCUT2D eigenvalue weighted by Gasteiger charge is 2.26. The summed E-state index contributed by atoms with van der Waals surface area (Å²) in [6, 6.07) is 0. The molecule has 0 aliphatic heterocycles. The van der Waals surface area contributed by atoms with Gasteiger partial charge in [0.05, 0.1) is 13.2 Å². The number of hydrogen-bond acceptors (Lipinski definition) is 8. The largest absolute Gasteiger partial charge is 0.472 e. The van der Waals surface area contributed by atoms with Gasteiger partial charge in [-0.05, 0) is 38.5 Å². The predicted molar refractivity (Wildman–Crippen MR) is 271 cm³/mol. The Kier molecular flexibility index (Phi) is 50.1. The van der Waals surface area contributed by atoms with E-state index in [0.717, 1.165) is 32.1 Å². The second-order valence-corrected chi connectivity index (χ2v) is 20.3. The van der Waals surface area contributed by atoms with Gasteiger partial charge in [-0.25, -0.2) is 4.57 Å². The number of esters is 2. The minimum absolute atomic E-state index is 0.0573. The van der Waals surface area contributed by atoms with Crippen molar-refractivity contribution in [1.29, 1.82) is 0 Å². The number of ether oxygens (including phenoxy) is 2. The Bertz CT molecular complexity index is 1060. The molecular weight excluding hydrogens is 822 g/mol. The van der Waals surface area contributed by atoms with Gasteiger partial charge in [0.15, 0.2) is 6.10 Å². The predicted octanol–water partition coefficient (Wildman–Crippen LogP) is 16.9. The van der Waals surface area contributed by atoms with Crippen LogP contribution in [0.15, 0.2) is 12.2 Å². The first-order valence-electron chi connectivity index (χ1n) is 27.7. The fraction of sp³-hybridized carbons (Fsp3) is 0.926. The van der Waals surface area contributed by atoms with Gasteiger partial charge in [0.25, 0.3) is 0 Å². The second kappa shape index (κ2) is 51.1. The van der Waals surface area contributed by atoms with Crippen molar-refractivity contribution in [2.75, 3.05) is 26.4 Å². The lowest BCUT2D eigenvalue weighted by Gasteiger charge is -2.19. The minimum atomic E-state index is -4.37. The van der Waals surface area contributed by atoms with Crippen LogP contribution >= 0.6 is 7.82 Å². The first kappa shape index (κ1) is 62.8.